The third kappa shape index (κ3) is 4.01. The molecule has 6 heteroatoms. The third-order valence-corrected chi connectivity index (χ3v) is 5.80. The van der Waals surface area contributed by atoms with E-state index >= 15 is 0 Å². The largest absolute Gasteiger partial charge is 0.339 e. The van der Waals surface area contributed by atoms with Crippen LogP contribution >= 0.6 is 0 Å². The molecule has 0 radical (unpaired) electrons. The number of para-hydroxylation sites is 1. The molecule has 2 aromatic rings. The summed E-state index contributed by atoms with van der Waals surface area (Å²) in [6, 6.07) is 19.2. The number of anilines is 1. The molecular weight excluding hydrogens is 364 g/mol. The van der Waals surface area contributed by atoms with Gasteiger partial charge < -0.3 is 10.2 Å². The Hall–Kier alpha value is -3.17. The van der Waals surface area contributed by atoms with Gasteiger partial charge in [0.25, 0.3) is 0 Å². The van der Waals surface area contributed by atoms with Crippen molar-refractivity contribution in [3.63, 3.8) is 0 Å². The molecule has 0 unspecified atom stereocenters. The van der Waals surface area contributed by atoms with Crippen LogP contribution in [0.15, 0.2) is 54.6 Å². The zero-order valence-corrected chi connectivity index (χ0v) is 16.3. The van der Waals surface area contributed by atoms with Crippen LogP contribution in [0.4, 0.5) is 5.69 Å². The summed E-state index contributed by atoms with van der Waals surface area (Å²) >= 11 is 0. The van der Waals surface area contributed by atoms with E-state index in [1.54, 1.807) is 24.3 Å². The Morgan fingerprint density at radius 1 is 0.966 bits per heavy atom. The van der Waals surface area contributed by atoms with E-state index in [9.17, 15) is 14.9 Å². The summed E-state index contributed by atoms with van der Waals surface area (Å²) in [5, 5.41) is 12.0. The zero-order chi connectivity index (χ0) is 20.3. The molecule has 0 spiro atoms. The number of hydrogen-bond donors (Lipinski definition) is 1. The predicted molar refractivity (Wildman–Crippen MR) is 110 cm³/mol. The number of nitrogens with zero attached hydrogens (tertiary/aromatic N) is 3. The van der Waals surface area contributed by atoms with Gasteiger partial charge in [-0.1, -0.05) is 42.5 Å². The fraction of sp³-hybridized carbons (Fsp3) is 0.348. The van der Waals surface area contributed by atoms with Crippen LogP contribution in [-0.2, 0) is 16.1 Å². The molecule has 29 heavy (non-hydrogen) atoms. The van der Waals surface area contributed by atoms with Gasteiger partial charge in [0.15, 0.2) is 0 Å². The van der Waals surface area contributed by atoms with Crippen molar-refractivity contribution in [2.24, 2.45) is 5.41 Å². The van der Waals surface area contributed by atoms with E-state index < -0.39 is 5.41 Å². The summed E-state index contributed by atoms with van der Waals surface area (Å²) in [4.78, 5) is 30.1. The summed E-state index contributed by atoms with van der Waals surface area (Å²) in [7, 11) is 0. The van der Waals surface area contributed by atoms with Gasteiger partial charge in [-0.05, 0) is 30.5 Å². The highest BCUT2D eigenvalue weighted by Gasteiger charge is 2.58. The van der Waals surface area contributed by atoms with Crippen molar-refractivity contribution < 1.29 is 9.59 Å². The average molecular weight is 388 g/mol. The maximum absolute atomic E-state index is 13.1. The second-order valence-corrected chi connectivity index (χ2v) is 7.75. The minimum absolute atomic E-state index is 0.0798. The molecule has 2 aliphatic rings. The Morgan fingerprint density at radius 2 is 1.62 bits per heavy atom. The van der Waals surface area contributed by atoms with Crippen LogP contribution < -0.4 is 5.32 Å². The number of nitrogens with one attached hydrogen (secondary N) is 1. The van der Waals surface area contributed by atoms with Crippen LogP contribution in [0.25, 0.3) is 0 Å². The van der Waals surface area contributed by atoms with Crippen LogP contribution in [0.3, 0.4) is 0 Å². The lowest BCUT2D eigenvalue weighted by molar-refractivity contribution is -0.143. The van der Waals surface area contributed by atoms with Gasteiger partial charge in [-0.15, -0.1) is 0 Å². The lowest BCUT2D eigenvalue weighted by Gasteiger charge is -2.36. The number of nitriles is 1. The highest BCUT2D eigenvalue weighted by Crippen LogP contribution is 2.48. The van der Waals surface area contributed by atoms with E-state index in [2.05, 4.69) is 28.4 Å². The minimum atomic E-state index is -0.968. The number of piperazine rings is 1. The second kappa shape index (κ2) is 8.06. The van der Waals surface area contributed by atoms with E-state index in [1.807, 2.05) is 23.1 Å². The van der Waals surface area contributed by atoms with E-state index in [-0.39, 0.29) is 11.8 Å². The van der Waals surface area contributed by atoms with Gasteiger partial charge in [0.05, 0.1) is 11.3 Å². The van der Waals surface area contributed by atoms with E-state index in [1.165, 1.54) is 5.56 Å². The van der Waals surface area contributed by atoms with Gasteiger partial charge >= 0.3 is 0 Å². The van der Waals surface area contributed by atoms with Crippen LogP contribution in [0.1, 0.15) is 24.0 Å². The van der Waals surface area contributed by atoms with Crippen LogP contribution in [-0.4, -0.2) is 47.8 Å². The molecule has 4 rings (SSSR count). The normalized spacial score (nSPS) is 18.0. The van der Waals surface area contributed by atoms with Crippen molar-refractivity contribution in [2.45, 2.75) is 19.4 Å². The summed E-state index contributed by atoms with van der Waals surface area (Å²) < 4.78 is 0. The van der Waals surface area contributed by atoms with Crippen molar-refractivity contribution in [2.75, 3.05) is 31.5 Å². The Kier molecular flexibility index (Phi) is 5.32. The van der Waals surface area contributed by atoms with Gasteiger partial charge in [0.1, 0.15) is 11.5 Å². The van der Waals surface area contributed by atoms with E-state index in [4.69, 9.17) is 0 Å². The molecule has 2 amide bonds. The SMILES string of the molecule is N#Cc1ccccc1NC(=O)C1(C(=O)N2CCN(Cc3ccccc3)CC2)CC1. The van der Waals surface area contributed by atoms with Crippen molar-refractivity contribution >= 4 is 17.5 Å². The molecule has 1 saturated heterocycles. The molecular formula is C23H24N4O2. The molecule has 6 nitrogen and oxygen atoms in total. The van der Waals surface area contributed by atoms with E-state index in [0.717, 1.165) is 19.6 Å². The first-order valence-electron chi connectivity index (χ1n) is 9.99. The summed E-state index contributed by atoms with van der Waals surface area (Å²) in [5.41, 5.74) is 1.16. The zero-order valence-electron chi connectivity index (χ0n) is 16.3. The number of carbonyl (C=O) groups excluding carboxylic acids is 2. The fourth-order valence-electron chi connectivity index (χ4n) is 3.85. The molecule has 1 N–H and O–H groups in total. The molecule has 1 aliphatic carbocycles. The molecule has 0 aromatic heterocycles. The molecule has 1 aliphatic heterocycles. The van der Waals surface area contributed by atoms with Gasteiger partial charge in [-0.2, -0.15) is 5.26 Å². The monoisotopic (exact) mass is 388 g/mol. The standard InChI is InChI=1S/C23H24N4O2/c24-16-19-8-4-5-9-20(19)25-21(28)23(10-11-23)22(29)27-14-12-26(13-15-27)17-18-6-2-1-3-7-18/h1-9H,10-15,17H2,(H,25,28). The molecule has 2 fully saturated rings. The van der Waals surface area contributed by atoms with E-state index in [0.29, 0.717) is 37.2 Å². The molecule has 148 valence electrons. The second-order valence-electron chi connectivity index (χ2n) is 7.75. The Morgan fingerprint density at radius 3 is 2.28 bits per heavy atom. The Balaban J connectivity index is 1.36. The molecule has 0 bridgehead atoms. The summed E-state index contributed by atoms with van der Waals surface area (Å²) in [6.07, 6.45) is 1.13. The maximum Gasteiger partial charge on any atom is 0.240 e. The van der Waals surface area contributed by atoms with Gasteiger partial charge in [-0.25, -0.2) is 0 Å². The van der Waals surface area contributed by atoms with Crippen LogP contribution in [0.5, 0.6) is 0 Å². The van der Waals surface area contributed by atoms with Gasteiger partial charge in [0, 0.05) is 32.7 Å². The quantitative estimate of drug-likeness (QED) is 0.799. The maximum atomic E-state index is 13.1. The lowest BCUT2D eigenvalue weighted by Crippen LogP contribution is -2.52. The topological polar surface area (TPSA) is 76.4 Å². The number of benzene rings is 2. The Labute approximate surface area is 170 Å². The number of rotatable bonds is 5. The first-order chi connectivity index (χ1) is 14.1. The highest BCUT2D eigenvalue weighted by molar-refractivity contribution is 6.13. The smallest absolute Gasteiger partial charge is 0.240 e. The van der Waals surface area contributed by atoms with Crippen molar-refractivity contribution in [1.82, 2.24) is 9.80 Å². The van der Waals surface area contributed by atoms with Crippen molar-refractivity contribution in [3.8, 4) is 6.07 Å². The lowest BCUT2D eigenvalue weighted by atomic mass is 10.0. The van der Waals surface area contributed by atoms with Crippen LogP contribution in [0, 0.1) is 16.7 Å². The number of amides is 2. The van der Waals surface area contributed by atoms with Gasteiger partial charge in [0.2, 0.25) is 11.8 Å². The predicted octanol–water partition coefficient (Wildman–Crippen LogP) is 2.62. The molecule has 1 saturated carbocycles. The summed E-state index contributed by atoms with van der Waals surface area (Å²) in [6.45, 7) is 3.75. The van der Waals surface area contributed by atoms with Crippen molar-refractivity contribution in [1.29, 1.82) is 5.26 Å². The molecule has 0 atom stereocenters. The highest BCUT2D eigenvalue weighted by atomic mass is 16.2. The number of carbonyl (C=O) groups is 2. The summed E-state index contributed by atoms with van der Waals surface area (Å²) in [5.74, 6) is -0.374. The molecule has 2 aromatic carbocycles. The van der Waals surface area contributed by atoms with Crippen LogP contribution in [0.2, 0.25) is 0 Å². The third-order valence-electron chi connectivity index (χ3n) is 5.80. The molecule has 1 heterocycles. The fourth-order valence-corrected chi connectivity index (χ4v) is 3.85. The van der Waals surface area contributed by atoms with Gasteiger partial charge in [-0.3, -0.25) is 14.5 Å². The number of hydrogen-bond acceptors (Lipinski definition) is 4. The first-order valence-corrected chi connectivity index (χ1v) is 9.99. The average Bonchev–Trinajstić information content (AvgIpc) is 3.57. The minimum Gasteiger partial charge on any atom is -0.339 e. The Bertz CT molecular complexity index is 939. The first kappa shape index (κ1) is 19.2. The van der Waals surface area contributed by atoms with Crippen molar-refractivity contribution in [3.05, 3.63) is 65.7 Å².